The molecule has 0 spiro atoms. The van der Waals surface area contributed by atoms with Crippen LogP contribution in [-0.4, -0.2) is 35.2 Å². The van der Waals surface area contributed by atoms with Crippen LogP contribution in [0.4, 0.5) is 5.69 Å². The molecule has 0 aliphatic carbocycles. The van der Waals surface area contributed by atoms with Crippen molar-refractivity contribution in [3.05, 3.63) is 41.4 Å². The summed E-state index contributed by atoms with van der Waals surface area (Å²) in [6.45, 7) is -0.311. The highest BCUT2D eigenvalue weighted by Gasteiger charge is 2.67. The van der Waals surface area contributed by atoms with Gasteiger partial charge in [0.1, 0.15) is 5.60 Å². The second-order valence-electron chi connectivity index (χ2n) is 5.55. The maximum atomic E-state index is 12.7. The van der Waals surface area contributed by atoms with Crippen molar-refractivity contribution < 1.29 is 19.4 Å². The summed E-state index contributed by atoms with van der Waals surface area (Å²) in [6, 6.07) is 6.55. The molecule has 6 heteroatoms. The Morgan fingerprint density at radius 2 is 1.95 bits per heavy atom. The highest BCUT2D eigenvalue weighted by molar-refractivity contribution is 6.31. The average Bonchev–Trinajstić information content (AvgIpc) is 3.12. The zero-order valence-electron chi connectivity index (χ0n) is 10.9. The van der Waals surface area contributed by atoms with E-state index in [0.29, 0.717) is 10.7 Å². The molecule has 2 fully saturated rings. The fourth-order valence-corrected chi connectivity index (χ4v) is 3.65. The quantitative estimate of drug-likeness (QED) is 0.657. The van der Waals surface area contributed by atoms with Gasteiger partial charge in [-0.25, -0.2) is 4.90 Å². The number of halogens is 1. The van der Waals surface area contributed by atoms with Gasteiger partial charge in [0.2, 0.25) is 11.8 Å². The summed E-state index contributed by atoms with van der Waals surface area (Å²) in [4.78, 5) is 26.5. The van der Waals surface area contributed by atoms with Crippen LogP contribution in [0.2, 0.25) is 5.02 Å². The number of aliphatic hydroxyl groups excluding tert-OH is 1. The van der Waals surface area contributed by atoms with Gasteiger partial charge < -0.3 is 9.84 Å². The number of hydrogen-bond donors (Lipinski definition) is 1. The number of fused-ring (bicyclic) bond motifs is 5. The highest BCUT2D eigenvalue weighted by atomic mass is 35.5. The molecular formula is C15H12ClNO4. The predicted octanol–water partition coefficient (Wildman–Crippen LogP) is 1.15. The largest absolute Gasteiger partial charge is 0.393 e. The smallest absolute Gasteiger partial charge is 0.241 e. The van der Waals surface area contributed by atoms with Crippen molar-refractivity contribution in [2.45, 2.75) is 11.7 Å². The summed E-state index contributed by atoms with van der Waals surface area (Å²) >= 11 is 5.84. The number of benzene rings is 1. The van der Waals surface area contributed by atoms with E-state index >= 15 is 0 Å². The fraction of sp³-hybridized carbons (Fsp3) is 0.333. The highest BCUT2D eigenvalue weighted by Crippen LogP contribution is 2.52. The standard InChI is InChI=1S/C15H12ClNO4/c16-8-1-3-9(4-2-8)17-13(19)11-10-5-6-15(7-18,21-10)12(11)14(17)20/h1-6,10-12,18H,7H2/t10-,11-,12+,15+/m0/s1. The molecule has 0 aromatic heterocycles. The Balaban J connectivity index is 1.77. The Morgan fingerprint density at radius 1 is 1.24 bits per heavy atom. The van der Waals surface area contributed by atoms with E-state index in [0.717, 1.165) is 0 Å². The minimum absolute atomic E-state index is 0.281. The molecule has 3 heterocycles. The zero-order valence-corrected chi connectivity index (χ0v) is 11.7. The topological polar surface area (TPSA) is 66.8 Å². The van der Waals surface area contributed by atoms with Crippen molar-refractivity contribution in [1.29, 1.82) is 0 Å². The summed E-state index contributed by atoms with van der Waals surface area (Å²) in [5.74, 6) is -1.81. The number of imide groups is 1. The van der Waals surface area contributed by atoms with Gasteiger partial charge in [0.05, 0.1) is 30.2 Å². The molecule has 1 N–H and O–H groups in total. The van der Waals surface area contributed by atoms with Crippen molar-refractivity contribution in [3.8, 4) is 0 Å². The first kappa shape index (κ1) is 13.0. The Bertz CT molecular complexity index is 671. The lowest BCUT2D eigenvalue weighted by atomic mass is 9.77. The van der Waals surface area contributed by atoms with Crippen LogP contribution < -0.4 is 4.90 Å². The van der Waals surface area contributed by atoms with E-state index in [1.807, 2.05) is 0 Å². The van der Waals surface area contributed by atoms with Gasteiger partial charge >= 0.3 is 0 Å². The Hall–Kier alpha value is -1.69. The number of amides is 2. The van der Waals surface area contributed by atoms with Crippen LogP contribution in [0.3, 0.4) is 0 Å². The molecule has 108 valence electrons. The van der Waals surface area contributed by atoms with Crippen molar-refractivity contribution >= 4 is 29.1 Å². The molecule has 2 bridgehead atoms. The van der Waals surface area contributed by atoms with Crippen LogP contribution in [0.5, 0.6) is 0 Å². The third-order valence-corrected chi connectivity index (χ3v) is 4.74. The monoisotopic (exact) mass is 305 g/mol. The Kier molecular flexibility index (Phi) is 2.58. The molecule has 5 nitrogen and oxygen atoms in total. The number of aliphatic hydroxyl groups is 1. The van der Waals surface area contributed by atoms with Crippen LogP contribution in [0.15, 0.2) is 36.4 Å². The minimum atomic E-state index is -1.05. The molecule has 2 amide bonds. The second-order valence-corrected chi connectivity index (χ2v) is 5.98. The number of hydrogen-bond acceptors (Lipinski definition) is 4. The van der Waals surface area contributed by atoms with Gasteiger partial charge in [-0.3, -0.25) is 9.59 Å². The summed E-state index contributed by atoms with van der Waals surface area (Å²) < 4.78 is 5.67. The Labute approximate surface area is 125 Å². The number of carbonyl (C=O) groups is 2. The lowest BCUT2D eigenvalue weighted by Gasteiger charge is -2.26. The van der Waals surface area contributed by atoms with Gasteiger partial charge in [0.25, 0.3) is 0 Å². The van der Waals surface area contributed by atoms with Crippen molar-refractivity contribution in [3.63, 3.8) is 0 Å². The molecule has 1 aromatic carbocycles. The van der Waals surface area contributed by atoms with Crippen LogP contribution in [0.25, 0.3) is 0 Å². The predicted molar refractivity (Wildman–Crippen MR) is 74.8 cm³/mol. The summed E-state index contributed by atoms with van der Waals surface area (Å²) in [7, 11) is 0. The van der Waals surface area contributed by atoms with Crippen LogP contribution >= 0.6 is 11.6 Å². The molecule has 21 heavy (non-hydrogen) atoms. The average molecular weight is 306 g/mol. The fourth-order valence-electron chi connectivity index (χ4n) is 3.53. The van der Waals surface area contributed by atoms with Gasteiger partial charge in [-0.15, -0.1) is 0 Å². The third-order valence-electron chi connectivity index (χ3n) is 4.49. The maximum absolute atomic E-state index is 12.7. The molecule has 3 aliphatic heterocycles. The van der Waals surface area contributed by atoms with Gasteiger partial charge in [-0.2, -0.15) is 0 Å². The number of anilines is 1. The molecule has 4 atom stereocenters. The normalized spacial score (nSPS) is 36.7. The first-order valence-electron chi connectivity index (χ1n) is 6.69. The first-order valence-corrected chi connectivity index (χ1v) is 7.07. The maximum Gasteiger partial charge on any atom is 0.241 e. The first-order chi connectivity index (χ1) is 10.1. The van der Waals surface area contributed by atoms with Gasteiger partial charge in [-0.1, -0.05) is 23.8 Å². The lowest BCUT2D eigenvalue weighted by molar-refractivity contribution is -0.128. The van der Waals surface area contributed by atoms with E-state index in [1.165, 1.54) is 4.90 Å². The number of carbonyl (C=O) groups excluding carboxylic acids is 2. The van der Waals surface area contributed by atoms with Crippen molar-refractivity contribution in [2.24, 2.45) is 11.8 Å². The van der Waals surface area contributed by atoms with Crippen LogP contribution in [0, 0.1) is 11.8 Å². The SMILES string of the molecule is O=C1[C@H]2[C@@H]3C=C[C@](CO)(O3)[C@H]2C(=O)N1c1ccc(Cl)cc1. The van der Waals surface area contributed by atoms with E-state index in [-0.39, 0.29) is 18.4 Å². The number of ether oxygens (including phenoxy) is 1. The molecule has 1 aromatic rings. The number of rotatable bonds is 2. The van der Waals surface area contributed by atoms with Gasteiger partial charge in [0.15, 0.2) is 0 Å². The minimum Gasteiger partial charge on any atom is -0.393 e. The molecule has 0 radical (unpaired) electrons. The van der Waals surface area contributed by atoms with E-state index in [1.54, 1.807) is 36.4 Å². The molecule has 0 unspecified atom stereocenters. The summed E-state index contributed by atoms with van der Waals surface area (Å²) in [6.07, 6.45) is 3.03. The third kappa shape index (κ3) is 1.54. The van der Waals surface area contributed by atoms with E-state index in [2.05, 4.69) is 0 Å². The molecule has 3 aliphatic rings. The molecule has 0 saturated carbocycles. The molecule has 4 rings (SSSR count). The second kappa shape index (κ2) is 4.16. The van der Waals surface area contributed by atoms with Gasteiger partial charge in [0, 0.05) is 5.02 Å². The lowest BCUT2D eigenvalue weighted by Crippen LogP contribution is -2.43. The van der Waals surface area contributed by atoms with Crippen LogP contribution in [-0.2, 0) is 14.3 Å². The zero-order chi connectivity index (χ0) is 14.8. The summed E-state index contributed by atoms with van der Waals surface area (Å²) in [5.41, 5.74) is -0.556. The van der Waals surface area contributed by atoms with E-state index in [4.69, 9.17) is 16.3 Å². The van der Waals surface area contributed by atoms with E-state index < -0.39 is 23.5 Å². The van der Waals surface area contributed by atoms with Crippen molar-refractivity contribution in [1.82, 2.24) is 0 Å². The van der Waals surface area contributed by atoms with Crippen LogP contribution in [0.1, 0.15) is 0 Å². The summed E-state index contributed by atoms with van der Waals surface area (Å²) in [5, 5.41) is 10.1. The number of nitrogens with zero attached hydrogens (tertiary/aromatic N) is 1. The molecule has 2 saturated heterocycles. The molecular weight excluding hydrogens is 294 g/mol. The van der Waals surface area contributed by atoms with E-state index in [9.17, 15) is 14.7 Å². The Morgan fingerprint density at radius 3 is 2.62 bits per heavy atom. The van der Waals surface area contributed by atoms with Crippen molar-refractivity contribution in [2.75, 3.05) is 11.5 Å². The van der Waals surface area contributed by atoms with Gasteiger partial charge in [-0.05, 0) is 24.3 Å².